The lowest BCUT2D eigenvalue weighted by Crippen LogP contribution is -2.37. The van der Waals surface area contributed by atoms with Gasteiger partial charge in [0.05, 0.1) is 12.1 Å². The Kier molecular flexibility index (Phi) is 5.59. The molecule has 5 nitrogen and oxygen atoms in total. The maximum atomic E-state index is 10.1. The summed E-state index contributed by atoms with van der Waals surface area (Å²) in [7, 11) is 0. The number of hydrogen-bond donors (Lipinski definition) is 3. The van der Waals surface area contributed by atoms with Crippen molar-refractivity contribution in [2.75, 3.05) is 17.2 Å². The SMILES string of the molecule is CCCc1c(NCC)ncnc1NC1CCCCC1O. The highest BCUT2D eigenvalue weighted by Crippen LogP contribution is 2.26. The molecule has 2 atom stereocenters. The summed E-state index contributed by atoms with van der Waals surface area (Å²) in [5, 5.41) is 16.8. The fraction of sp³-hybridized carbons (Fsp3) is 0.733. The van der Waals surface area contributed by atoms with Gasteiger partial charge in [0, 0.05) is 12.1 Å². The number of rotatable bonds is 6. The normalized spacial score (nSPS) is 22.6. The smallest absolute Gasteiger partial charge is 0.135 e. The van der Waals surface area contributed by atoms with Gasteiger partial charge in [0.25, 0.3) is 0 Å². The average Bonchev–Trinajstić information content (AvgIpc) is 2.45. The second kappa shape index (κ2) is 7.43. The number of aliphatic hydroxyl groups excluding tert-OH is 1. The van der Waals surface area contributed by atoms with Gasteiger partial charge >= 0.3 is 0 Å². The summed E-state index contributed by atoms with van der Waals surface area (Å²) in [4.78, 5) is 8.73. The Morgan fingerprint density at radius 1 is 1.20 bits per heavy atom. The largest absolute Gasteiger partial charge is 0.391 e. The molecule has 1 aliphatic carbocycles. The van der Waals surface area contributed by atoms with Crippen LogP contribution in [0.15, 0.2) is 6.33 Å². The lowest BCUT2D eigenvalue weighted by atomic mass is 9.92. The van der Waals surface area contributed by atoms with Crippen LogP contribution in [0.1, 0.15) is 51.5 Å². The zero-order valence-corrected chi connectivity index (χ0v) is 12.5. The summed E-state index contributed by atoms with van der Waals surface area (Å²) in [6.45, 7) is 5.07. The summed E-state index contributed by atoms with van der Waals surface area (Å²) >= 11 is 0. The van der Waals surface area contributed by atoms with E-state index in [-0.39, 0.29) is 12.1 Å². The highest BCUT2D eigenvalue weighted by molar-refractivity contribution is 5.58. The minimum atomic E-state index is -0.268. The first-order valence-electron chi connectivity index (χ1n) is 7.78. The molecule has 0 bridgehead atoms. The molecule has 1 saturated carbocycles. The molecule has 1 aromatic rings. The van der Waals surface area contributed by atoms with Crippen LogP contribution in [0.2, 0.25) is 0 Å². The highest BCUT2D eigenvalue weighted by atomic mass is 16.3. The van der Waals surface area contributed by atoms with Crippen molar-refractivity contribution in [1.29, 1.82) is 0 Å². The van der Waals surface area contributed by atoms with E-state index >= 15 is 0 Å². The summed E-state index contributed by atoms with van der Waals surface area (Å²) in [5.41, 5.74) is 1.13. The van der Waals surface area contributed by atoms with Crippen molar-refractivity contribution in [2.45, 2.75) is 64.5 Å². The highest BCUT2D eigenvalue weighted by Gasteiger charge is 2.24. The Hall–Kier alpha value is -1.36. The summed E-state index contributed by atoms with van der Waals surface area (Å²) in [5.74, 6) is 1.79. The van der Waals surface area contributed by atoms with Crippen molar-refractivity contribution in [3.63, 3.8) is 0 Å². The van der Waals surface area contributed by atoms with Crippen LogP contribution in [0.3, 0.4) is 0 Å². The molecule has 5 heteroatoms. The van der Waals surface area contributed by atoms with Crippen molar-refractivity contribution in [1.82, 2.24) is 9.97 Å². The summed E-state index contributed by atoms with van der Waals surface area (Å²) in [6.07, 6.45) is 7.49. The Morgan fingerprint density at radius 2 is 1.95 bits per heavy atom. The summed E-state index contributed by atoms with van der Waals surface area (Å²) in [6, 6.07) is 0.115. The molecule has 0 radical (unpaired) electrons. The molecule has 0 aromatic carbocycles. The van der Waals surface area contributed by atoms with Crippen LogP contribution in [0.5, 0.6) is 0 Å². The van der Waals surface area contributed by atoms with Gasteiger partial charge in [-0.05, 0) is 26.2 Å². The standard InChI is InChI=1S/C15H26N4O/c1-3-7-11-14(16-4-2)17-10-18-15(11)19-12-8-5-6-9-13(12)20/h10,12-13,20H,3-9H2,1-2H3,(H2,16,17,18,19). The first kappa shape index (κ1) is 15.0. The lowest BCUT2D eigenvalue weighted by molar-refractivity contribution is 0.116. The number of hydrogen-bond acceptors (Lipinski definition) is 5. The Labute approximate surface area is 121 Å². The zero-order valence-electron chi connectivity index (χ0n) is 12.5. The second-order valence-corrected chi connectivity index (χ2v) is 5.43. The van der Waals surface area contributed by atoms with Gasteiger partial charge in [-0.15, -0.1) is 0 Å². The third-order valence-corrected chi connectivity index (χ3v) is 3.84. The van der Waals surface area contributed by atoms with Gasteiger partial charge in [-0.25, -0.2) is 9.97 Å². The zero-order chi connectivity index (χ0) is 14.4. The number of aromatic nitrogens is 2. The predicted octanol–water partition coefficient (Wildman–Crippen LogP) is 2.58. The van der Waals surface area contributed by atoms with Crippen LogP contribution in [-0.2, 0) is 6.42 Å². The van der Waals surface area contributed by atoms with Crippen molar-refractivity contribution in [2.24, 2.45) is 0 Å². The van der Waals surface area contributed by atoms with E-state index in [4.69, 9.17) is 0 Å². The van der Waals surface area contributed by atoms with E-state index in [1.807, 2.05) is 0 Å². The minimum absolute atomic E-state index is 0.115. The first-order valence-corrected chi connectivity index (χ1v) is 7.78. The number of nitrogens with zero attached hydrogens (tertiary/aromatic N) is 2. The molecule has 1 heterocycles. The molecule has 20 heavy (non-hydrogen) atoms. The molecule has 2 unspecified atom stereocenters. The van der Waals surface area contributed by atoms with E-state index in [0.717, 1.165) is 55.8 Å². The van der Waals surface area contributed by atoms with Gasteiger partial charge < -0.3 is 15.7 Å². The van der Waals surface area contributed by atoms with Gasteiger partial charge in [0.2, 0.25) is 0 Å². The molecule has 1 aliphatic rings. The van der Waals surface area contributed by atoms with E-state index in [2.05, 4.69) is 34.4 Å². The molecule has 0 amide bonds. The number of anilines is 2. The van der Waals surface area contributed by atoms with E-state index < -0.39 is 0 Å². The van der Waals surface area contributed by atoms with Gasteiger partial charge in [0.1, 0.15) is 18.0 Å². The third kappa shape index (κ3) is 3.60. The predicted molar refractivity (Wildman–Crippen MR) is 82.1 cm³/mol. The van der Waals surface area contributed by atoms with Crippen molar-refractivity contribution < 1.29 is 5.11 Å². The number of nitrogens with one attached hydrogen (secondary N) is 2. The van der Waals surface area contributed by atoms with Gasteiger partial charge in [0.15, 0.2) is 0 Å². The molecular formula is C15H26N4O. The maximum absolute atomic E-state index is 10.1. The van der Waals surface area contributed by atoms with E-state index in [9.17, 15) is 5.11 Å². The van der Waals surface area contributed by atoms with Gasteiger partial charge in [-0.3, -0.25) is 0 Å². The van der Waals surface area contributed by atoms with Crippen LogP contribution >= 0.6 is 0 Å². The van der Waals surface area contributed by atoms with E-state index in [1.54, 1.807) is 6.33 Å². The second-order valence-electron chi connectivity index (χ2n) is 5.43. The molecular weight excluding hydrogens is 252 g/mol. The van der Waals surface area contributed by atoms with Crippen LogP contribution in [-0.4, -0.2) is 33.8 Å². The van der Waals surface area contributed by atoms with Gasteiger partial charge in [-0.2, -0.15) is 0 Å². The first-order chi connectivity index (χ1) is 9.76. The molecule has 0 spiro atoms. The van der Waals surface area contributed by atoms with Crippen LogP contribution < -0.4 is 10.6 Å². The summed E-state index contributed by atoms with van der Waals surface area (Å²) < 4.78 is 0. The van der Waals surface area contributed by atoms with Crippen molar-refractivity contribution >= 4 is 11.6 Å². The topological polar surface area (TPSA) is 70.1 Å². The molecule has 0 saturated heterocycles. The third-order valence-electron chi connectivity index (χ3n) is 3.84. The molecule has 1 fully saturated rings. The van der Waals surface area contributed by atoms with Crippen molar-refractivity contribution in [3.05, 3.63) is 11.9 Å². The molecule has 2 rings (SSSR count). The maximum Gasteiger partial charge on any atom is 0.135 e. The van der Waals surface area contributed by atoms with Gasteiger partial charge in [-0.1, -0.05) is 26.2 Å². The van der Waals surface area contributed by atoms with E-state index in [1.165, 1.54) is 6.42 Å². The fourth-order valence-corrected chi connectivity index (χ4v) is 2.80. The Balaban J connectivity index is 2.18. The van der Waals surface area contributed by atoms with Crippen LogP contribution in [0, 0.1) is 0 Å². The molecule has 112 valence electrons. The van der Waals surface area contributed by atoms with E-state index in [0.29, 0.717) is 0 Å². The van der Waals surface area contributed by atoms with Crippen molar-refractivity contribution in [3.8, 4) is 0 Å². The molecule has 3 N–H and O–H groups in total. The average molecular weight is 278 g/mol. The minimum Gasteiger partial charge on any atom is -0.391 e. The quantitative estimate of drug-likeness (QED) is 0.746. The number of aliphatic hydroxyl groups is 1. The fourth-order valence-electron chi connectivity index (χ4n) is 2.80. The van der Waals surface area contributed by atoms with Crippen LogP contribution in [0.4, 0.5) is 11.6 Å². The van der Waals surface area contributed by atoms with Crippen LogP contribution in [0.25, 0.3) is 0 Å². The molecule has 0 aliphatic heterocycles. The lowest BCUT2D eigenvalue weighted by Gasteiger charge is -2.29. The monoisotopic (exact) mass is 278 g/mol. The Morgan fingerprint density at radius 3 is 2.65 bits per heavy atom. The molecule has 1 aromatic heterocycles. The Bertz CT molecular complexity index is 424.